The Morgan fingerprint density at radius 3 is 2.54 bits per heavy atom. The number of rotatable bonds is 8. The van der Waals surface area contributed by atoms with Crippen LogP contribution in [0.4, 0.5) is 0 Å². The molecule has 6 nitrogen and oxygen atoms in total. The van der Waals surface area contributed by atoms with Crippen molar-refractivity contribution in [3.05, 3.63) is 107 Å². The minimum atomic E-state index is -0.375. The molecular weight excluding hydrogens is 486 g/mol. The smallest absolute Gasteiger partial charge is 0.256 e. The summed E-state index contributed by atoms with van der Waals surface area (Å²) < 4.78 is 1.81. The van der Waals surface area contributed by atoms with Crippen LogP contribution in [0.1, 0.15) is 62.4 Å². The molecule has 1 fully saturated rings. The Balaban J connectivity index is 0.00000172. The first kappa shape index (κ1) is 27.8. The molecule has 3 atom stereocenters. The Morgan fingerprint density at radius 1 is 1.13 bits per heavy atom. The molecule has 2 N–H and O–H groups in total. The highest BCUT2D eigenvalue weighted by Gasteiger charge is 2.40. The van der Waals surface area contributed by atoms with Gasteiger partial charge >= 0.3 is 0 Å². The second kappa shape index (κ2) is 12.1. The van der Waals surface area contributed by atoms with E-state index in [-0.39, 0.29) is 28.6 Å². The molecule has 2 aromatic carbocycles. The molecular formula is C33H37N3O3. The van der Waals surface area contributed by atoms with Crippen molar-refractivity contribution in [1.82, 2.24) is 14.9 Å². The fraction of sp³-hybridized carbons (Fsp3) is 0.303. The second-order valence-corrected chi connectivity index (χ2v) is 9.95. The molecule has 2 aromatic heterocycles. The number of benzene rings is 2. The maximum atomic E-state index is 13.2. The van der Waals surface area contributed by atoms with Gasteiger partial charge in [0, 0.05) is 30.5 Å². The van der Waals surface area contributed by atoms with E-state index in [1.165, 1.54) is 5.56 Å². The summed E-state index contributed by atoms with van der Waals surface area (Å²) in [5.74, 6) is 0.704. The highest BCUT2D eigenvalue weighted by molar-refractivity contribution is 5.97. The third kappa shape index (κ3) is 5.95. The Labute approximate surface area is 230 Å². The van der Waals surface area contributed by atoms with E-state index in [0.717, 1.165) is 29.7 Å². The molecule has 39 heavy (non-hydrogen) atoms. The molecule has 1 amide bonds. The third-order valence-corrected chi connectivity index (χ3v) is 7.33. The van der Waals surface area contributed by atoms with Gasteiger partial charge in [-0.2, -0.15) is 0 Å². The summed E-state index contributed by atoms with van der Waals surface area (Å²) in [5, 5.41) is 13.0. The van der Waals surface area contributed by atoms with Crippen LogP contribution in [0.5, 0.6) is 0 Å². The van der Waals surface area contributed by atoms with Crippen LogP contribution >= 0.6 is 0 Å². The molecule has 6 heteroatoms. The molecule has 0 saturated heterocycles. The Morgan fingerprint density at radius 2 is 1.87 bits per heavy atom. The fourth-order valence-corrected chi connectivity index (χ4v) is 4.71. The number of pyridine rings is 2. The summed E-state index contributed by atoms with van der Waals surface area (Å²) in [7, 11) is 0. The first-order valence-corrected chi connectivity index (χ1v) is 13.7. The van der Waals surface area contributed by atoms with Crippen molar-refractivity contribution in [3.63, 3.8) is 0 Å². The van der Waals surface area contributed by atoms with Crippen LogP contribution in [0.2, 0.25) is 0 Å². The lowest BCUT2D eigenvalue weighted by molar-refractivity contribution is 0.0946. The zero-order valence-electron chi connectivity index (χ0n) is 23.1. The van der Waals surface area contributed by atoms with Crippen LogP contribution in [-0.2, 0) is 0 Å². The fourth-order valence-electron chi connectivity index (χ4n) is 4.71. The SMILES string of the molecule is C=C(O)C1CC1c1ccc(-c2cccc(-n3cc(C(=O)NCC(C)CC)c(=O)c4cccnc43)c2)cc1.CC. The van der Waals surface area contributed by atoms with Crippen molar-refractivity contribution in [2.24, 2.45) is 11.8 Å². The van der Waals surface area contributed by atoms with E-state index in [0.29, 0.717) is 29.4 Å². The Hall–Kier alpha value is -4.19. The van der Waals surface area contributed by atoms with Crippen molar-refractivity contribution >= 4 is 16.9 Å². The maximum Gasteiger partial charge on any atom is 0.256 e. The minimum absolute atomic E-state index is 0.100. The van der Waals surface area contributed by atoms with Gasteiger partial charge in [0.25, 0.3) is 5.91 Å². The van der Waals surface area contributed by atoms with Gasteiger partial charge in [-0.25, -0.2) is 4.98 Å². The topological polar surface area (TPSA) is 84.2 Å². The number of aliphatic hydroxyl groups is 1. The van der Waals surface area contributed by atoms with Crippen LogP contribution < -0.4 is 10.7 Å². The predicted molar refractivity (Wildman–Crippen MR) is 159 cm³/mol. The van der Waals surface area contributed by atoms with Crippen molar-refractivity contribution < 1.29 is 9.90 Å². The molecule has 202 valence electrons. The third-order valence-electron chi connectivity index (χ3n) is 7.33. The van der Waals surface area contributed by atoms with E-state index in [1.54, 1.807) is 24.5 Å². The number of hydrogen-bond acceptors (Lipinski definition) is 4. The van der Waals surface area contributed by atoms with E-state index in [2.05, 4.69) is 55.0 Å². The van der Waals surface area contributed by atoms with Gasteiger partial charge in [-0.05, 0) is 59.2 Å². The normalized spacial score (nSPS) is 16.6. The number of fused-ring (bicyclic) bond motifs is 1. The minimum Gasteiger partial charge on any atom is -0.513 e. The first-order valence-electron chi connectivity index (χ1n) is 13.7. The van der Waals surface area contributed by atoms with Crippen molar-refractivity contribution in [3.8, 4) is 16.8 Å². The predicted octanol–water partition coefficient (Wildman–Crippen LogP) is 7.03. The number of carbonyl (C=O) groups is 1. The van der Waals surface area contributed by atoms with Gasteiger partial charge in [0.2, 0.25) is 5.43 Å². The van der Waals surface area contributed by atoms with Gasteiger partial charge in [0.15, 0.2) is 0 Å². The molecule has 3 unspecified atom stereocenters. The molecule has 2 heterocycles. The number of allylic oxidation sites excluding steroid dienone is 1. The lowest BCUT2D eigenvalue weighted by Gasteiger charge is -2.15. The first-order chi connectivity index (χ1) is 18.9. The molecule has 1 aliphatic carbocycles. The van der Waals surface area contributed by atoms with Crippen molar-refractivity contribution in [2.45, 2.75) is 46.5 Å². The molecule has 0 aliphatic heterocycles. The van der Waals surface area contributed by atoms with Crippen molar-refractivity contribution in [2.75, 3.05) is 6.54 Å². The number of nitrogens with one attached hydrogen (secondary N) is 1. The van der Waals surface area contributed by atoms with Crippen LogP contribution in [0.25, 0.3) is 27.8 Å². The van der Waals surface area contributed by atoms with Gasteiger partial charge < -0.3 is 15.0 Å². The van der Waals surface area contributed by atoms with Crippen molar-refractivity contribution in [1.29, 1.82) is 0 Å². The van der Waals surface area contributed by atoms with Gasteiger partial charge in [-0.15, -0.1) is 0 Å². The average molecular weight is 524 g/mol. The quantitative estimate of drug-likeness (QED) is 0.243. The van der Waals surface area contributed by atoms with E-state index in [9.17, 15) is 14.7 Å². The Kier molecular flexibility index (Phi) is 8.65. The summed E-state index contributed by atoms with van der Waals surface area (Å²) in [6, 6.07) is 19.8. The number of hydrogen-bond donors (Lipinski definition) is 2. The van der Waals surface area contributed by atoms with Crippen LogP contribution in [0, 0.1) is 11.8 Å². The van der Waals surface area contributed by atoms with E-state index in [4.69, 9.17) is 0 Å². The molecule has 1 saturated carbocycles. The van der Waals surface area contributed by atoms with Crippen LogP contribution in [0.15, 0.2) is 90.2 Å². The lowest BCUT2D eigenvalue weighted by atomic mass is 10.0. The average Bonchev–Trinajstić information content (AvgIpc) is 3.79. The van der Waals surface area contributed by atoms with E-state index >= 15 is 0 Å². The van der Waals surface area contributed by atoms with Gasteiger partial charge in [-0.3, -0.25) is 9.59 Å². The van der Waals surface area contributed by atoms with E-state index in [1.807, 2.05) is 42.7 Å². The van der Waals surface area contributed by atoms with Crippen LogP contribution in [0.3, 0.4) is 0 Å². The summed E-state index contributed by atoms with van der Waals surface area (Å²) >= 11 is 0. The number of aliphatic hydroxyl groups excluding tert-OH is 1. The van der Waals surface area contributed by atoms with Gasteiger partial charge in [-0.1, -0.05) is 77.1 Å². The monoisotopic (exact) mass is 523 g/mol. The summed E-state index contributed by atoms with van der Waals surface area (Å²) in [6.45, 7) is 12.3. The molecule has 0 radical (unpaired) electrons. The zero-order valence-corrected chi connectivity index (χ0v) is 23.1. The second-order valence-electron chi connectivity index (χ2n) is 9.95. The standard InChI is InChI=1S/C31H31N3O3.C2H6/c1-4-19(2)17-33-31(37)28-18-34(30-25(29(28)36)9-6-14-32-30)24-8-5-7-23(15-24)21-10-12-22(13-11-21)27-16-26(27)20(3)35;1-2/h5-15,18-19,26-27,35H,3-4,16-17H2,1-2H3,(H,33,37);1-2H3. The zero-order chi connectivity index (χ0) is 28.1. The number of carbonyl (C=O) groups excluding carboxylic acids is 1. The highest BCUT2D eigenvalue weighted by Crippen LogP contribution is 2.50. The molecule has 4 aromatic rings. The van der Waals surface area contributed by atoms with Crippen LogP contribution in [-0.4, -0.2) is 27.1 Å². The molecule has 5 rings (SSSR count). The largest absolute Gasteiger partial charge is 0.513 e. The Bertz CT molecular complexity index is 1540. The summed E-state index contributed by atoms with van der Waals surface area (Å²) in [5.41, 5.74) is 4.34. The summed E-state index contributed by atoms with van der Waals surface area (Å²) in [4.78, 5) is 30.6. The molecule has 1 aliphatic rings. The number of amides is 1. The molecule has 0 spiro atoms. The molecule has 0 bridgehead atoms. The van der Waals surface area contributed by atoms with Gasteiger partial charge in [0.1, 0.15) is 11.2 Å². The van der Waals surface area contributed by atoms with Gasteiger partial charge in [0.05, 0.1) is 11.1 Å². The highest BCUT2D eigenvalue weighted by atomic mass is 16.3. The number of aromatic nitrogens is 2. The summed E-state index contributed by atoms with van der Waals surface area (Å²) in [6.07, 6.45) is 5.12. The number of nitrogens with zero attached hydrogens (tertiary/aromatic N) is 2. The lowest BCUT2D eigenvalue weighted by Crippen LogP contribution is -2.32. The van der Waals surface area contributed by atoms with E-state index < -0.39 is 0 Å². The maximum absolute atomic E-state index is 13.2.